The molecule has 2 rings (SSSR count). The number of rotatable bonds is 7. The Hall–Kier alpha value is -2.29. The van der Waals surface area contributed by atoms with E-state index in [0.717, 1.165) is 17.5 Å². The lowest BCUT2D eigenvalue weighted by atomic mass is 10.0. The molecule has 1 N–H and O–H groups in total. The molecule has 2 aromatic rings. The summed E-state index contributed by atoms with van der Waals surface area (Å²) in [7, 11) is 0. The Morgan fingerprint density at radius 3 is 2.22 bits per heavy atom. The van der Waals surface area contributed by atoms with Crippen molar-refractivity contribution in [1.29, 1.82) is 0 Å². The van der Waals surface area contributed by atoms with Crippen LogP contribution in [0.2, 0.25) is 0 Å². The number of ether oxygens (including phenoxy) is 1. The van der Waals surface area contributed by atoms with E-state index in [0.29, 0.717) is 12.2 Å². The van der Waals surface area contributed by atoms with Crippen LogP contribution in [0.4, 0.5) is 0 Å². The lowest BCUT2D eigenvalue weighted by Gasteiger charge is -2.19. The molecule has 0 radical (unpaired) electrons. The van der Waals surface area contributed by atoms with Crippen LogP contribution in [0.5, 0.6) is 5.75 Å². The molecule has 0 saturated heterocycles. The Morgan fingerprint density at radius 1 is 1.04 bits per heavy atom. The molecule has 3 heteroatoms. The van der Waals surface area contributed by atoms with E-state index in [2.05, 4.69) is 20.8 Å². The fourth-order valence-corrected chi connectivity index (χ4v) is 2.52. The first kappa shape index (κ1) is 17.1. The van der Waals surface area contributed by atoms with Crippen molar-refractivity contribution in [3.8, 4) is 5.75 Å². The zero-order valence-electron chi connectivity index (χ0n) is 14.0. The van der Waals surface area contributed by atoms with Crippen molar-refractivity contribution in [2.75, 3.05) is 0 Å². The minimum Gasteiger partial charge on any atom is -0.478 e. The SMILES string of the molecule is CCc1ccc(C[C@H](Oc2ccccc2C(C)C)C(=O)O)cc1. The number of aryl methyl sites for hydroxylation is 1. The first-order valence-corrected chi connectivity index (χ1v) is 8.07. The van der Waals surface area contributed by atoms with Gasteiger partial charge in [-0.3, -0.25) is 0 Å². The zero-order chi connectivity index (χ0) is 16.8. The number of carboxylic acids is 1. The van der Waals surface area contributed by atoms with E-state index in [-0.39, 0.29) is 5.92 Å². The van der Waals surface area contributed by atoms with E-state index < -0.39 is 12.1 Å². The van der Waals surface area contributed by atoms with Crippen molar-refractivity contribution >= 4 is 5.97 Å². The van der Waals surface area contributed by atoms with Crippen LogP contribution in [0.3, 0.4) is 0 Å². The van der Waals surface area contributed by atoms with Gasteiger partial charge in [-0.2, -0.15) is 0 Å². The molecule has 0 spiro atoms. The van der Waals surface area contributed by atoms with Gasteiger partial charge in [0.1, 0.15) is 5.75 Å². The van der Waals surface area contributed by atoms with E-state index in [9.17, 15) is 9.90 Å². The van der Waals surface area contributed by atoms with E-state index in [1.165, 1.54) is 5.56 Å². The van der Waals surface area contributed by atoms with Crippen molar-refractivity contribution in [2.45, 2.75) is 45.6 Å². The molecule has 122 valence electrons. The van der Waals surface area contributed by atoms with E-state index in [1.54, 1.807) is 0 Å². The van der Waals surface area contributed by atoms with Crippen LogP contribution in [0.25, 0.3) is 0 Å². The molecular formula is C20H24O3. The van der Waals surface area contributed by atoms with Crippen LogP contribution in [0.15, 0.2) is 48.5 Å². The molecule has 0 bridgehead atoms. The van der Waals surface area contributed by atoms with Gasteiger partial charge in [0.25, 0.3) is 0 Å². The number of hydrogen-bond donors (Lipinski definition) is 1. The Bertz CT molecular complexity index is 644. The molecule has 0 aliphatic rings. The topological polar surface area (TPSA) is 46.5 Å². The number of benzene rings is 2. The van der Waals surface area contributed by atoms with E-state index >= 15 is 0 Å². The third-order valence-corrected chi connectivity index (χ3v) is 3.94. The summed E-state index contributed by atoms with van der Waals surface area (Å²) in [5.41, 5.74) is 3.24. The lowest BCUT2D eigenvalue weighted by Crippen LogP contribution is -2.29. The molecule has 0 heterocycles. The number of aliphatic carboxylic acids is 1. The number of para-hydroxylation sites is 1. The minimum absolute atomic E-state index is 0.282. The standard InChI is InChI=1S/C20H24O3/c1-4-15-9-11-16(12-10-15)13-19(20(21)22)23-18-8-6-5-7-17(18)14(2)3/h5-12,14,19H,4,13H2,1-3H3,(H,21,22)/t19-/m0/s1. The molecule has 2 aromatic carbocycles. The van der Waals surface area contributed by atoms with Crippen molar-refractivity contribution in [2.24, 2.45) is 0 Å². The van der Waals surface area contributed by atoms with Crippen LogP contribution >= 0.6 is 0 Å². The summed E-state index contributed by atoms with van der Waals surface area (Å²) in [6.07, 6.45) is 0.439. The maximum absolute atomic E-state index is 11.6. The summed E-state index contributed by atoms with van der Waals surface area (Å²) in [4.78, 5) is 11.6. The molecular weight excluding hydrogens is 288 g/mol. The smallest absolute Gasteiger partial charge is 0.345 e. The lowest BCUT2D eigenvalue weighted by molar-refractivity contribution is -0.145. The Morgan fingerprint density at radius 2 is 1.65 bits per heavy atom. The fraction of sp³-hybridized carbons (Fsp3) is 0.350. The first-order valence-electron chi connectivity index (χ1n) is 8.07. The fourth-order valence-electron chi connectivity index (χ4n) is 2.52. The normalized spacial score (nSPS) is 12.2. The highest BCUT2D eigenvalue weighted by Gasteiger charge is 2.21. The van der Waals surface area contributed by atoms with Crippen LogP contribution in [0.1, 0.15) is 43.4 Å². The molecule has 0 saturated carbocycles. The van der Waals surface area contributed by atoms with Crippen molar-refractivity contribution in [3.63, 3.8) is 0 Å². The molecule has 0 unspecified atom stereocenters. The van der Waals surface area contributed by atoms with Crippen LogP contribution < -0.4 is 4.74 Å². The maximum Gasteiger partial charge on any atom is 0.345 e. The number of carboxylic acid groups (broad SMARTS) is 1. The highest BCUT2D eigenvalue weighted by atomic mass is 16.5. The maximum atomic E-state index is 11.6. The molecule has 0 aliphatic carbocycles. The summed E-state index contributed by atoms with van der Waals surface area (Å²) in [6.45, 7) is 6.24. The van der Waals surface area contributed by atoms with Crippen LogP contribution in [0, 0.1) is 0 Å². The predicted octanol–water partition coefficient (Wildman–Crippen LogP) is 4.45. The minimum atomic E-state index is -0.942. The highest BCUT2D eigenvalue weighted by Crippen LogP contribution is 2.27. The first-order chi connectivity index (χ1) is 11.0. The van der Waals surface area contributed by atoms with Gasteiger partial charge >= 0.3 is 5.97 Å². The Kier molecular flexibility index (Phi) is 5.80. The summed E-state index contributed by atoms with van der Waals surface area (Å²) >= 11 is 0. The van der Waals surface area contributed by atoms with E-state index in [1.807, 2.05) is 48.5 Å². The second-order valence-electron chi connectivity index (χ2n) is 6.01. The van der Waals surface area contributed by atoms with Gasteiger partial charge in [0.05, 0.1) is 0 Å². The predicted molar refractivity (Wildman–Crippen MR) is 92.1 cm³/mol. The van der Waals surface area contributed by atoms with Gasteiger partial charge in [-0.15, -0.1) is 0 Å². The van der Waals surface area contributed by atoms with Gasteiger partial charge in [0.15, 0.2) is 6.10 Å². The third-order valence-electron chi connectivity index (χ3n) is 3.94. The third kappa shape index (κ3) is 4.59. The monoisotopic (exact) mass is 312 g/mol. The molecule has 23 heavy (non-hydrogen) atoms. The summed E-state index contributed by atoms with van der Waals surface area (Å²) in [5, 5.41) is 9.50. The molecule has 3 nitrogen and oxygen atoms in total. The molecule has 0 fully saturated rings. The van der Waals surface area contributed by atoms with Gasteiger partial charge in [-0.25, -0.2) is 4.79 Å². The summed E-state index contributed by atoms with van der Waals surface area (Å²) in [5.74, 6) is -0.00677. The van der Waals surface area contributed by atoms with Crippen LogP contribution in [-0.4, -0.2) is 17.2 Å². The van der Waals surface area contributed by atoms with Crippen LogP contribution in [-0.2, 0) is 17.6 Å². The molecule has 0 aliphatic heterocycles. The number of hydrogen-bond acceptors (Lipinski definition) is 2. The van der Waals surface area contributed by atoms with Gasteiger partial charge < -0.3 is 9.84 Å². The number of carbonyl (C=O) groups is 1. The quantitative estimate of drug-likeness (QED) is 0.821. The van der Waals surface area contributed by atoms with Gasteiger partial charge in [-0.05, 0) is 35.1 Å². The summed E-state index contributed by atoms with van der Waals surface area (Å²) < 4.78 is 5.83. The van der Waals surface area contributed by atoms with Gasteiger partial charge in [-0.1, -0.05) is 63.2 Å². The highest BCUT2D eigenvalue weighted by molar-refractivity contribution is 5.73. The largest absolute Gasteiger partial charge is 0.478 e. The molecule has 1 atom stereocenters. The second-order valence-corrected chi connectivity index (χ2v) is 6.01. The Balaban J connectivity index is 2.17. The molecule has 0 amide bonds. The average Bonchev–Trinajstić information content (AvgIpc) is 2.55. The second kappa shape index (κ2) is 7.82. The van der Waals surface area contributed by atoms with Crippen molar-refractivity contribution in [3.05, 3.63) is 65.2 Å². The zero-order valence-corrected chi connectivity index (χ0v) is 14.0. The van der Waals surface area contributed by atoms with Gasteiger partial charge in [0, 0.05) is 6.42 Å². The van der Waals surface area contributed by atoms with E-state index in [4.69, 9.17) is 4.74 Å². The van der Waals surface area contributed by atoms with Crippen molar-refractivity contribution in [1.82, 2.24) is 0 Å². The van der Waals surface area contributed by atoms with Gasteiger partial charge in [0.2, 0.25) is 0 Å². The molecule has 0 aromatic heterocycles. The Labute approximate surface area is 137 Å². The van der Waals surface area contributed by atoms with Crippen molar-refractivity contribution < 1.29 is 14.6 Å². The summed E-state index contributed by atoms with van der Waals surface area (Å²) in [6, 6.07) is 15.7. The average molecular weight is 312 g/mol.